The number of benzene rings is 1. The van der Waals surface area contributed by atoms with Gasteiger partial charge in [-0.05, 0) is 33.3 Å². The van der Waals surface area contributed by atoms with Crippen molar-refractivity contribution in [3.63, 3.8) is 0 Å². The van der Waals surface area contributed by atoms with Crippen LogP contribution in [0, 0.1) is 5.82 Å². The molecule has 0 radical (unpaired) electrons. The van der Waals surface area contributed by atoms with Gasteiger partial charge in [-0.25, -0.2) is 9.18 Å². The molecule has 1 aliphatic rings. The Morgan fingerprint density at radius 3 is 2.66 bits per heavy atom. The Kier molecular flexibility index (Phi) is 9.85. The smallest absolute Gasteiger partial charge is 0.407 e. The van der Waals surface area contributed by atoms with Crippen LogP contribution in [0.2, 0.25) is 0 Å². The predicted octanol–water partition coefficient (Wildman–Crippen LogP) is 2.95. The summed E-state index contributed by atoms with van der Waals surface area (Å²) in [6.07, 6.45) is -0.283. The van der Waals surface area contributed by atoms with Gasteiger partial charge >= 0.3 is 12.1 Å². The van der Waals surface area contributed by atoms with Crippen LogP contribution >= 0.6 is 11.8 Å². The number of hydrogen-bond donors (Lipinski definition) is 2. The molecule has 1 heterocycles. The number of nitrogens with one attached hydrogen (secondary N) is 2. The van der Waals surface area contributed by atoms with E-state index in [1.807, 2.05) is 0 Å². The third kappa shape index (κ3) is 8.03. The van der Waals surface area contributed by atoms with Crippen LogP contribution in [-0.2, 0) is 30.2 Å². The van der Waals surface area contributed by atoms with Crippen molar-refractivity contribution < 1.29 is 37.7 Å². The van der Waals surface area contributed by atoms with Gasteiger partial charge in [-0.1, -0.05) is 0 Å². The van der Waals surface area contributed by atoms with Crippen molar-refractivity contribution in [1.29, 1.82) is 0 Å². The zero-order valence-corrected chi connectivity index (χ0v) is 19.9. The first kappa shape index (κ1) is 26.0. The molecule has 0 aliphatic carbocycles. The summed E-state index contributed by atoms with van der Waals surface area (Å²) in [6.45, 7) is 5.70. The van der Waals surface area contributed by atoms with Crippen molar-refractivity contribution in [3.8, 4) is 5.75 Å². The average molecular weight is 475 g/mol. The minimum Gasteiger partial charge on any atom is -0.468 e. The molecule has 0 saturated carbocycles. The second kappa shape index (κ2) is 12.1. The molecule has 1 amide bonds. The fourth-order valence-corrected chi connectivity index (χ4v) is 3.96. The Balaban J connectivity index is 2.18. The molecule has 11 heteroatoms. The normalized spacial score (nSPS) is 15.5. The van der Waals surface area contributed by atoms with Crippen molar-refractivity contribution in [2.45, 2.75) is 43.7 Å². The molecule has 2 N–H and O–H groups in total. The number of anilines is 1. The summed E-state index contributed by atoms with van der Waals surface area (Å²) < 4.78 is 41.2. The first-order chi connectivity index (χ1) is 15.1. The van der Waals surface area contributed by atoms with Gasteiger partial charge < -0.3 is 34.3 Å². The lowest BCUT2D eigenvalue weighted by molar-refractivity contribution is -0.138. The van der Waals surface area contributed by atoms with Crippen LogP contribution in [0.5, 0.6) is 5.75 Å². The van der Waals surface area contributed by atoms with Crippen molar-refractivity contribution in [2.24, 2.45) is 0 Å². The topological polar surface area (TPSA) is 104 Å². The molecule has 0 spiro atoms. The zero-order valence-electron chi connectivity index (χ0n) is 19.0. The van der Waals surface area contributed by atoms with E-state index in [-0.39, 0.29) is 37.2 Å². The highest BCUT2D eigenvalue weighted by atomic mass is 32.2. The summed E-state index contributed by atoms with van der Waals surface area (Å²) in [4.78, 5) is 24.4. The largest absolute Gasteiger partial charge is 0.468 e. The van der Waals surface area contributed by atoms with Crippen LogP contribution < -0.4 is 15.4 Å². The molecule has 32 heavy (non-hydrogen) atoms. The quantitative estimate of drug-likeness (QED) is 0.301. The maximum absolute atomic E-state index is 15.5. The van der Waals surface area contributed by atoms with E-state index >= 15 is 4.39 Å². The number of carbonyl (C=O) groups excluding carboxylic acids is 2. The van der Waals surface area contributed by atoms with Crippen molar-refractivity contribution >= 4 is 29.5 Å². The number of amides is 1. The van der Waals surface area contributed by atoms with Gasteiger partial charge in [0, 0.05) is 29.4 Å². The molecular formula is C21H31FN2O7S. The molecule has 1 atom stereocenters. The summed E-state index contributed by atoms with van der Waals surface area (Å²) in [7, 11) is 2.80. The van der Waals surface area contributed by atoms with E-state index in [9.17, 15) is 9.59 Å². The van der Waals surface area contributed by atoms with Crippen molar-refractivity contribution in [1.82, 2.24) is 5.32 Å². The number of hydrogen-bond acceptors (Lipinski definition) is 9. The number of rotatable bonds is 10. The number of methoxy groups -OCH3 is 2. The van der Waals surface area contributed by atoms with Gasteiger partial charge in [-0.15, -0.1) is 11.8 Å². The number of fused-ring (bicyclic) bond motifs is 1. The Morgan fingerprint density at radius 1 is 1.25 bits per heavy atom. The van der Waals surface area contributed by atoms with E-state index < -0.39 is 23.5 Å². The Hall–Kier alpha value is -2.24. The number of ether oxygens (including phenoxy) is 5. The van der Waals surface area contributed by atoms with Crippen LogP contribution in [0.25, 0.3) is 0 Å². The fraction of sp³-hybridized carbons (Fsp3) is 0.619. The van der Waals surface area contributed by atoms with Gasteiger partial charge in [0.2, 0.25) is 0 Å². The first-order valence-corrected chi connectivity index (χ1v) is 11.1. The van der Waals surface area contributed by atoms with Crippen LogP contribution in [-0.4, -0.2) is 70.2 Å². The lowest BCUT2D eigenvalue weighted by Crippen LogP contribution is -2.42. The van der Waals surface area contributed by atoms with Gasteiger partial charge in [0.25, 0.3) is 0 Å². The number of thioether (sulfide) groups is 1. The number of carbonyl (C=O) groups is 2. The Bertz CT molecular complexity index is 801. The molecule has 0 saturated heterocycles. The summed E-state index contributed by atoms with van der Waals surface area (Å²) in [6, 6.07) is 1.39. The molecular weight excluding hydrogens is 443 g/mol. The van der Waals surface area contributed by atoms with E-state index in [4.69, 9.17) is 18.9 Å². The summed E-state index contributed by atoms with van der Waals surface area (Å²) in [5.41, 5.74) is -0.178. The average Bonchev–Trinajstić information content (AvgIpc) is 2.72. The van der Waals surface area contributed by atoms with Gasteiger partial charge in [0.1, 0.15) is 23.6 Å². The Labute approximate surface area is 191 Å². The van der Waals surface area contributed by atoms with Gasteiger partial charge in [-0.2, -0.15) is 0 Å². The maximum Gasteiger partial charge on any atom is 0.407 e. The van der Waals surface area contributed by atoms with Crippen molar-refractivity contribution in [2.75, 3.05) is 51.8 Å². The minimum absolute atomic E-state index is 0.0306. The maximum atomic E-state index is 15.5. The lowest BCUT2D eigenvalue weighted by atomic mass is 10.0. The lowest BCUT2D eigenvalue weighted by Gasteiger charge is -2.28. The highest BCUT2D eigenvalue weighted by Crippen LogP contribution is 2.40. The van der Waals surface area contributed by atoms with E-state index in [2.05, 4.69) is 15.4 Å². The predicted molar refractivity (Wildman–Crippen MR) is 118 cm³/mol. The first-order valence-electron chi connectivity index (χ1n) is 10.1. The highest BCUT2D eigenvalue weighted by Gasteiger charge is 2.29. The summed E-state index contributed by atoms with van der Waals surface area (Å²) >= 11 is 1.40. The van der Waals surface area contributed by atoms with Gasteiger partial charge in [-0.3, -0.25) is 4.79 Å². The molecule has 0 aromatic heterocycles. The molecule has 9 nitrogen and oxygen atoms in total. The number of halogens is 1. The fourth-order valence-electron chi connectivity index (χ4n) is 2.84. The second-order valence-electron chi connectivity index (χ2n) is 7.99. The van der Waals surface area contributed by atoms with Gasteiger partial charge in [0.05, 0.1) is 20.3 Å². The van der Waals surface area contributed by atoms with E-state index in [1.54, 1.807) is 33.9 Å². The highest BCUT2D eigenvalue weighted by molar-refractivity contribution is 7.99. The SMILES string of the molecule is COCCOCOc1cc2c(c(F)c1NCC(=O)OC)C[C@H](NC(=O)OC(C)(C)C)CS2. The van der Waals surface area contributed by atoms with Crippen LogP contribution in [0.15, 0.2) is 11.0 Å². The summed E-state index contributed by atoms with van der Waals surface area (Å²) in [5, 5.41) is 5.53. The van der Waals surface area contributed by atoms with E-state index in [1.165, 1.54) is 18.9 Å². The standard InChI is InChI=1S/C21H31FN2O7S/c1-21(2,3)31-20(26)24-13-8-14-16(32-11-13)9-15(30-12-29-7-6-27-4)19(18(14)22)23-10-17(25)28-5/h9,13,23H,6-8,10-12H2,1-5H3,(H,24,26)/t13-/m0/s1. The molecule has 180 valence electrons. The summed E-state index contributed by atoms with van der Waals surface area (Å²) in [5.74, 6) is -0.344. The minimum atomic E-state index is -0.627. The second-order valence-corrected chi connectivity index (χ2v) is 9.05. The molecule has 0 bridgehead atoms. The van der Waals surface area contributed by atoms with E-state index in [0.29, 0.717) is 29.4 Å². The molecule has 1 aromatic rings. The Morgan fingerprint density at radius 2 is 2.00 bits per heavy atom. The van der Waals surface area contributed by atoms with E-state index in [0.717, 1.165) is 0 Å². The third-order valence-corrected chi connectivity index (χ3v) is 5.51. The molecule has 0 unspecified atom stereocenters. The zero-order chi connectivity index (χ0) is 23.7. The third-order valence-electron chi connectivity index (χ3n) is 4.27. The monoisotopic (exact) mass is 474 g/mol. The van der Waals surface area contributed by atoms with Crippen molar-refractivity contribution in [3.05, 3.63) is 17.4 Å². The van der Waals surface area contributed by atoms with Gasteiger partial charge in [0.15, 0.2) is 12.6 Å². The van der Waals surface area contributed by atoms with Crippen LogP contribution in [0.1, 0.15) is 26.3 Å². The number of alkyl carbamates (subject to hydrolysis) is 1. The molecule has 1 aromatic carbocycles. The number of esters is 1. The molecule has 2 rings (SSSR count). The van der Waals surface area contributed by atoms with Crippen LogP contribution in [0.3, 0.4) is 0 Å². The molecule has 1 aliphatic heterocycles. The molecule has 0 fully saturated rings. The van der Waals surface area contributed by atoms with Crippen LogP contribution in [0.4, 0.5) is 14.9 Å².